The second kappa shape index (κ2) is 8.17. The zero-order valence-corrected chi connectivity index (χ0v) is 16.4. The molecular weight excluding hydrogens is 399 g/mol. The molecule has 3 rings (SSSR count). The number of amides is 3. The number of nitrogens with zero attached hydrogens (tertiary/aromatic N) is 2. The SMILES string of the molecule is C[C@H]1CC(=O)Nc2ccccc2N1C(=O)CN(C)C(=O)c1ccc(C(F)(F)F)cc1. The molecule has 0 fully saturated rings. The van der Waals surface area contributed by atoms with Gasteiger partial charge in [-0.1, -0.05) is 12.1 Å². The summed E-state index contributed by atoms with van der Waals surface area (Å²) in [5.74, 6) is -1.21. The summed E-state index contributed by atoms with van der Waals surface area (Å²) >= 11 is 0. The van der Waals surface area contributed by atoms with Crippen molar-refractivity contribution in [2.45, 2.75) is 25.6 Å². The van der Waals surface area contributed by atoms with E-state index in [4.69, 9.17) is 0 Å². The molecule has 1 aliphatic rings. The third-order valence-corrected chi connectivity index (χ3v) is 4.81. The standard InChI is InChI=1S/C21H20F3N3O3/c1-13-11-18(28)25-16-5-3-4-6-17(16)27(13)19(29)12-26(2)20(30)14-7-9-15(10-8-14)21(22,23)24/h3-10,13H,11-12H2,1-2H3,(H,25,28)/t13-/m0/s1. The van der Waals surface area contributed by atoms with E-state index in [0.29, 0.717) is 11.4 Å². The lowest BCUT2D eigenvalue weighted by molar-refractivity contribution is -0.137. The van der Waals surface area contributed by atoms with E-state index >= 15 is 0 Å². The molecular formula is C21H20F3N3O3. The number of carbonyl (C=O) groups excluding carboxylic acids is 3. The molecule has 0 saturated heterocycles. The van der Waals surface area contributed by atoms with Gasteiger partial charge in [-0.2, -0.15) is 13.2 Å². The third-order valence-electron chi connectivity index (χ3n) is 4.81. The van der Waals surface area contributed by atoms with Crippen molar-refractivity contribution in [3.63, 3.8) is 0 Å². The Kier molecular flexibility index (Phi) is 5.82. The molecule has 158 valence electrons. The number of para-hydroxylation sites is 2. The highest BCUT2D eigenvalue weighted by Gasteiger charge is 2.32. The maximum atomic E-state index is 13.0. The highest BCUT2D eigenvalue weighted by Crippen LogP contribution is 2.32. The first-order chi connectivity index (χ1) is 14.1. The van der Waals surface area contributed by atoms with Gasteiger partial charge in [0.2, 0.25) is 11.8 Å². The Balaban J connectivity index is 1.78. The number of carbonyl (C=O) groups is 3. The van der Waals surface area contributed by atoms with Gasteiger partial charge in [0, 0.05) is 25.1 Å². The first-order valence-corrected chi connectivity index (χ1v) is 9.21. The van der Waals surface area contributed by atoms with Crippen molar-refractivity contribution in [1.29, 1.82) is 0 Å². The number of halogens is 3. The zero-order valence-electron chi connectivity index (χ0n) is 16.4. The quantitative estimate of drug-likeness (QED) is 0.828. The fourth-order valence-corrected chi connectivity index (χ4v) is 3.34. The van der Waals surface area contributed by atoms with E-state index < -0.39 is 29.6 Å². The van der Waals surface area contributed by atoms with Crippen LogP contribution in [-0.2, 0) is 15.8 Å². The summed E-state index contributed by atoms with van der Waals surface area (Å²) in [4.78, 5) is 40.2. The summed E-state index contributed by atoms with van der Waals surface area (Å²) in [5.41, 5.74) is 0.206. The Labute approximate surface area is 171 Å². The Morgan fingerprint density at radius 2 is 1.77 bits per heavy atom. The monoisotopic (exact) mass is 419 g/mol. The van der Waals surface area contributed by atoms with Gasteiger partial charge in [0.05, 0.1) is 16.9 Å². The number of alkyl halides is 3. The van der Waals surface area contributed by atoms with Gasteiger partial charge in [-0.3, -0.25) is 14.4 Å². The Hall–Kier alpha value is -3.36. The molecule has 2 aromatic rings. The predicted molar refractivity (Wildman–Crippen MR) is 105 cm³/mol. The van der Waals surface area contributed by atoms with Crippen LogP contribution in [0.5, 0.6) is 0 Å². The van der Waals surface area contributed by atoms with Gasteiger partial charge in [0.15, 0.2) is 0 Å². The Bertz CT molecular complexity index is 973. The summed E-state index contributed by atoms with van der Waals surface area (Å²) < 4.78 is 38.1. The molecule has 0 radical (unpaired) electrons. The summed E-state index contributed by atoms with van der Waals surface area (Å²) in [5, 5.41) is 2.75. The number of hydrogen-bond acceptors (Lipinski definition) is 3. The number of anilines is 2. The van der Waals surface area contributed by atoms with E-state index in [1.165, 1.54) is 11.9 Å². The molecule has 0 aliphatic carbocycles. The Morgan fingerprint density at radius 3 is 2.40 bits per heavy atom. The summed E-state index contributed by atoms with van der Waals surface area (Å²) in [7, 11) is 1.40. The van der Waals surface area contributed by atoms with Crippen molar-refractivity contribution in [3.05, 3.63) is 59.7 Å². The average molecular weight is 419 g/mol. The first-order valence-electron chi connectivity index (χ1n) is 9.21. The molecule has 0 saturated carbocycles. The van der Waals surface area contributed by atoms with E-state index in [1.54, 1.807) is 31.2 Å². The summed E-state index contributed by atoms with van der Waals surface area (Å²) in [6.45, 7) is 1.43. The van der Waals surface area contributed by atoms with Gasteiger partial charge >= 0.3 is 6.18 Å². The number of fused-ring (bicyclic) bond motifs is 1. The van der Waals surface area contributed by atoms with E-state index in [1.807, 2.05) is 0 Å². The smallest absolute Gasteiger partial charge is 0.332 e. The molecule has 30 heavy (non-hydrogen) atoms. The van der Waals surface area contributed by atoms with Gasteiger partial charge < -0.3 is 15.1 Å². The highest BCUT2D eigenvalue weighted by molar-refractivity contribution is 6.06. The van der Waals surface area contributed by atoms with Gasteiger partial charge in [0.1, 0.15) is 6.54 Å². The normalized spacial score (nSPS) is 16.4. The lowest BCUT2D eigenvalue weighted by atomic mass is 10.1. The van der Waals surface area contributed by atoms with E-state index in [9.17, 15) is 27.6 Å². The van der Waals surface area contributed by atoms with Crippen molar-refractivity contribution in [1.82, 2.24) is 4.90 Å². The first kappa shape index (κ1) is 21.4. The van der Waals surface area contributed by atoms with Crippen LogP contribution in [0.3, 0.4) is 0 Å². The molecule has 0 bridgehead atoms. The third kappa shape index (κ3) is 4.45. The molecule has 0 aromatic heterocycles. The summed E-state index contributed by atoms with van der Waals surface area (Å²) in [6, 6.07) is 10.2. The van der Waals surface area contributed by atoms with Gasteiger partial charge in [-0.25, -0.2) is 0 Å². The van der Waals surface area contributed by atoms with Crippen LogP contribution in [0.1, 0.15) is 29.3 Å². The van der Waals surface area contributed by atoms with Crippen molar-refractivity contribution in [2.24, 2.45) is 0 Å². The Morgan fingerprint density at radius 1 is 1.13 bits per heavy atom. The number of hydrogen-bond donors (Lipinski definition) is 1. The average Bonchev–Trinajstić information content (AvgIpc) is 2.80. The number of nitrogens with one attached hydrogen (secondary N) is 1. The van der Waals surface area contributed by atoms with Gasteiger partial charge in [-0.05, 0) is 43.3 Å². The largest absolute Gasteiger partial charge is 0.416 e. The molecule has 2 aromatic carbocycles. The van der Waals surface area contributed by atoms with Gasteiger partial charge in [0.25, 0.3) is 5.91 Å². The van der Waals surface area contributed by atoms with E-state index in [2.05, 4.69) is 5.32 Å². The molecule has 0 unspecified atom stereocenters. The molecule has 3 amide bonds. The fraction of sp³-hybridized carbons (Fsp3) is 0.286. The van der Waals surface area contributed by atoms with Gasteiger partial charge in [-0.15, -0.1) is 0 Å². The lowest BCUT2D eigenvalue weighted by Gasteiger charge is -2.29. The predicted octanol–water partition coefficient (Wildman–Crippen LogP) is 3.54. The molecule has 1 heterocycles. The van der Waals surface area contributed by atoms with Crippen molar-refractivity contribution in [3.8, 4) is 0 Å². The van der Waals surface area contributed by atoms with Crippen LogP contribution in [0.25, 0.3) is 0 Å². The molecule has 1 atom stereocenters. The van der Waals surface area contributed by atoms with Crippen LogP contribution in [-0.4, -0.2) is 42.3 Å². The topological polar surface area (TPSA) is 69.7 Å². The molecule has 9 heteroatoms. The summed E-state index contributed by atoms with van der Waals surface area (Å²) in [6.07, 6.45) is -4.40. The van der Waals surface area contributed by atoms with Crippen LogP contribution in [0.2, 0.25) is 0 Å². The van der Waals surface area contributed by atoms with Crippen molar-refractivity contribution >= 4 is 29.1 Å². The van der Waals surface area contributed by atoms with Crippen LogP contribution in [0.4, 0.5) is 24.5 Å². The van der Waals surface area contributed by atoms with Crippen molar-refractivity contribution in [2.75, 3.05) is 23.8 Å². The van der Waals surface area contributed by atoms with E-state index in [0.717, 1.165) is 29.2 Å². The second-order valence-electron chi connectivity index (χ2n) is 7.12. The van der Waals surface area contributed by atoms with Crippen LogP contribution in [0, 0.1) is 0 Å². The zero-order chi connectivity index (χ0) is 22.1. The number of rotatable bonds is 3. The second-order valence-corrected chi connectivity index (χ2v) is 7.12. The molecule has 0 spiro atoms. The lowest BCUT2D eigenvalue weighted by Crippen LogP contribution is -2.45. The van der Waals surface area contributed by atoms with Crippen LogP contribution in [0.15, 0.2) is 48.5 Å². The maximum absolute atomic E-state index is 13.0. The van der Waals surface area contributed by atoms with Crippen LogP contribution < -0.4 is 10.2 Å². The molecule has 6 nitrogen and oxygen atoms in total. The number of likely N-dealkylation sites (N-methyl/N-ethyl adjacent to an activating group) is 1. The minimum Gasteiger partial charge on any atom is -0.332 e. The number of benzene rings is 2. The molecule has 1 N–H and O–H groups in total. The fourth-order valence-electron chi connectivity index (χ4n) is 3.34. The highest BCUT2D eigenvalue weighted by atomic mass is 19.4. The molecule has 1 aliphatic heterocycles. The minimum absolute atomic E-state index is 0.0412. The van der Waals surface area contributed by atoms with Crippen molar-refractivity contribution < 1.29 is 27.6 Å². The van der Waals surface area contributed by atoms with Crippen LogP contribution >= 0.6 is 0 Å². The maximum Gasteiger partial charge on any atom is 0.416 e. The van der Waals surface area contributed by atoms with E-state index in [-0.39, 0.29) is 24.4 Å². The minimum atomic E-state index is -4.49.